The molecule has 0 bridgehead atoms. The first-order chi connectivity index (χ1) is 9.40. The van der Waals surface area contributed by atoms with Gasteiger partial charge >= 0.3 is 0 Å². The van der Waals surface area contributed by atoms with Crippen LogP contribution in [0.1, 0.15) is 5.56 Å². The zero-order chi connectivity index (χ0) is 14.8. The van der Waals surface area contributed by atoms with E-state index >= 15 is 0 Å². The van der Waals surface area contributed by atoms with E-state index in [1.54, 1.807) is 18.2 Å². The van der Waals surface area contributed by atoms with Gasteiger partial charge in [0.25, 0.3) is 10.0 Å². The van der Waals surface area contributed by atoms with Crippen molar-refractivity contribution in [3.63, 3.8) is 0 Å². The van der Waals surface area contributed by atoms with Crippen LogP contribution >= 0.6 is 12.2 Å². The lowest BCUT2D eigenvalue weighted by Crippen LogP contribution is -2.15. The smallest absolute Gasteiger partial charge is 0.261 e. The predicted octanol–water partition coefficient (Wildman–Crippen LogP) is 2.26. The summed E-state index contributed by atoms with van der Waals surface area (Å²) in [5.74, 6) is -0.597. The molecule has 0 unspecified atom stereocenters. The van der Waals surface area contributed by atoms with Crippen molar-refractivity contribution in [1.82, 2.24) is 0 Å². The molecule has 0 aromatic heterocycles. The number of benzene rings is 2. The van der Waals surface area contributed by atoms with E-state index in [4.69, 9.17) is 18.0 Å². The molecular formula is C13H11FN2O2S2. The Bertz CT molecular complexity index is 746. The van der Waals surface area contributed by atoms with E-state index in [1.807, 2.05) is 0 Å². The second-order valence-electron chi connectivity index (χ2n) is 3.98. The third kappa shape index (κ3) is 3.12. The number of sulfonamides is 1. The van der Waals surface area contributed by atoms with E-state index < -0.39 is 15.8 Å². The fraction of sp³-hybridized carbons (Fsp3) is 0. The quantitative estimate of drug-likeness (QED) is 0.850. The zero-order valence-corrected chi connectivity index (χ0v) is 11.8. The standard InChI is InChI=1S/C13H11FN2O2S2/c14-12-7-6-9(8-11(12)13(15)19)16-20(17,18)10-4-2-1-3-5-10/h1-8,16H,(H2,15,19). The highest BCUT2D eigenvalue weighted by molar-refractivity contribution is 7.92. The molecule has 2 aromatic rings. The summed E-state index contributed by atoms with van der Waals surface area (Å²) in [5, 5.41) is 0. The normalized spacial score (nSPS) is 11.1. The molecule has 4 nitrogen and oxygen atoms in total. The fourth-order valence-corrected chi connectivity index (χ4v) is 2.82. The molecule has 2 rings (SSSR count). The molecular weight excluding hydrogens is 299 g/mol. The van der Waals surface area contributed by atoms with Crippen LogP contribution in [0.15, 0.2) is 53.4 Å². The number of nitrogens with one attached hydrogen (secondary N) is 1. The molecule has 0 amide bonds. The second kappa shape index (κ2) is 5.56. The highest BCUT2D eigenvalue weighted by atomic mass is 32.2. The lowest BCUT2D eigenvalue weighted by atomic mass is 10.2. The van der Waals surface area contributed by atoms with Gasteiger partial charge in [-0.1, -0.05) is 30.4 Å². The average Bonchev–Trinajstić information content (AvgIpc) is 2.41. The topological polar surface area (TPSA) is 72.2 Å². The van der Waals surface area contributed by atoms with Crippen LogP contribution in [0.3, 0.4) is 0 Å². The van der Waals surface area contributed by atoms with Crippen LogP contribution in [-0.4, -0.2) is 13.4 Å². The van der Waals surface area contributed by atoms with E-state index in [2.05, 4.69) is 4.72 Å². The van der Waals surface area contributed by atoms with Gasteiger partial charge in [-0.25, -0.2) is 12.8 Å². The highest BCUT2D eigenvalue weighted by Gasteiger charge is 2.15. The lowest BCUT2D eigenvalue weighted by molar-refractivity contribution is 0.601. The summed E-state index contributed by atoms with van der Waals surface area (Å²) in [5.41, 5.74) is 5.56. The summed E-state index contributed by atoms with van der Waals surface area (Å²) in [6.45, 7) is 0. The molecule has 3 N–H and O–H groups in total. The Labute approximate surface area is 121 Å². The molecule has 20 heavy (non-hydrogen) atoms. The Balaban J connectivity index is 2.36. The molecule has 0 spiro atoms. The summed E-state index contributed by atoms with van der Waals surface area (Å²) < 4.78 is 40.0. The van der Waals surface area contributed by atoms with Crippen molar-refractivity contribution in [2.24, 2.45) is 5.73 Å². The van der Waals surface area contributed by atoms with Gasteiger partial charge in [-0.2, -0.15) is 0 Å². The zero-order valence-electron chi connectivity index (χ0n) is 10.2. The minimum Gasteiger partial charge on any atom is -0.389 e. The molecule has 0 radical (unpaired) electrons. The van der Waals surface area contributed by atoms with Crippen molar-refractivity contribution in [1.29, 1.82) is 0 Å². The van der Waals surface area contributed by atoms with Gasteiger partial charge in [0.1, 0.15) is 10.8 Å². The van der Waals surface area contributed by atoms with Gasteiger partial charge in [0.2, 0.25) is 0 Å². The van der Waals surface area contributed by atoms with Crippen LogP contribution in [0.2, 0.25) is 0 Å². The molecule has 0 heterocycles. The Morgan fingerprint density at radius 3 is 2.40 bits per heavy atom. The van der Waals surface area contributed by atoms with E-state index in [-0.39, 0.29) is 21.1 Å². The molecule has 0 atom stereocenters. The fourth-order valence-electron chi connectivity index (χ4n) is 1.59. The van der Waals surface area contributed by atoms with Gasteiger partial charge in [-0.3, -0.25) is 4.72 Å². The van der Waals surface area contributed by atoms with Gasteiger partial charge in [-0.15, -0.1) is 0 Å². The second-order valence-corrected chi connectivity index (χ2v) is 6.10. The van der Waals surface area contributed by atoms with Crippen molar-refractivity contribution < 1.29 is 12.8 Å². The van der Waals surface area contributed by atoms with E-state index in [1.165, 1.54) is 24.3 Å². The summed E-state index contributed by atoms with van der Waals surface area (Å²) in [7, 11) is -3.73. The first-order valence-electron chi connectivity index (χ1n) is 5.57. The SMILES string of the molecule is NC(=S)c1cc(NS(=O)(=O)c2ccccc2)ccc1F. The molecule has 0 aliphatic rings. The lowest BCUT2D eigenvalue weighted by Gasteiger charge is -2.09. The van der Waals surface area contributed by atoms with Gasteiger partial charge in [0, 0.05) is 11.3 Å². The first-order valence-corrected chi connectivity index (χ1v) is 7.46. The highest BCUT2D eigenvalue weighted by Crippen LogP contribution is 2.19. The molecule has 0 saturated heterocycles. The molecule has 0 saturated carbocycles. The molecule has 0 aliphatic carbocycles. The van der Waals surface area contributed by atoms with Crippen molar-refractivity contribution in [3.05, 3.63) is 59.9 Å². The third-order valence-electron chi connectivity index (χ3n) is 2.54. The number of hydrogen-bond donors (Lipinski definition) is 2. The Morgan fingerprint density at radius 2 is 1.80 bits per heavy atom. The number of rotatable bonds is 4. The number of halogens is 1. The number of anilines is 1. The number of nitrogens with two attached hydrogens (primary N) is 1. The first kappa shape index (κ1) is 14.4. The number of thiocarbonyl (C=S) groups is 1. The van der Waals surface area contributed by atoms with Crippen LogP contribution in [0.25, 0.3) is 0 Å². The average molecular weight is 310 g/mol. The Morgan fingerprint density at radius 1 is 1.15 bits per heavy atom. The summed E-state index contributed by atoms with van der Waals surface area (Å²) in [6.07, 6.45) is 0. The van der Waals surface area contributed by atoms with Crippen LogP contribution in [-0.2, 0) is 10.0 Å². The molecule has 2 aromatic carbocycles. The summed E-state index contributed by atoms with van der Waals surface area (Å²) in [6, 6.07) is 11.5. The maximum Gasteiger partial charge on any atom is 0.261 e. The minimum atomic E-state index is -3.73. The monoisotopic (exact) mass is 310 g/mol. The van der Waals surface area contributed by atoms with Crippen molar-refractivity contribution in [2.45, 2.75) is 4.90 Å². The maximum atomic E-state index is 13.4. The van der Waals surface area contributed by atoms with Gasteiger partial charge in [0.15, 0.2) is 0 Å². The van der Waals surface area contributed by atoms with Gasteiger partial charge < -0.3 is 5.73 Å². The molecule has 104 valence electrons. The van der Waals surface area contributed by atoms with Crippen LogP contribution in [0, 0.1) is 5.82 Å². The number of hydrogen-bond acceptors (Lipinski definition) is 3. The maximum absolute atomic E-state index is 13.4. The van der Waals surface area contributed by atoms with Gasteiger partial charge in [-0.05, 0) is 30.3 Å². The minimum absolute atomic E-state index is 0.00624. The summed E-state index contributed by atoms with van der Waals surface area (Å²) >= 11 is 4.70. The third-order valence-corrected chi connectivity index (χ3v) is 4.15. The summed E-state index contributed by atoms with van der Waals surface area (Å²) in [4.78, 5) is -0.0236. The Hall–Kier alpha value is -1.99. The van der Waals surface area contributed by atoms with E-state index in [0.717, 1.165) is 6.07 Å². The molecule has 0 fully saturated rings. The molecule has 0 aliphatic heterocycles. The van der Waals surface area contributed by atoms with Crippen molar-refractivity contribution >= 4 is 32.9 Å². The van der Waals surface area contributed by atoms with Crippen molar-refractivity contribution in [3.8, 4) is 0 Å². The van der Waals surface area contributed by atoms with E-state index in [9.17, 15) is 12.8 Å². The van der Waals surface area contributed by atoms with Gasteiger partial charge in [0.05, 0.1) is 4.90 Å². The molecule has 7 heteroatoms. The van der Waals surface area contributed by atoms with E-state index in [0.29, 0.717) is 0 Å². The Kier molecular flexibility index (Phi) is 4.01. The van der Waals surface area contributed by atoms with Crippen LogP contribution < -0.4 is 10.5 Å². The van der Waals surface area contributed by atoms with Crippen LogP contribution in [0.4, 0.5) is 10.1 Å². The predicted molar refractivity (Wildman–Crippen MR) is 79.5 cm³/mol. The largest absolute Gasteiger partial charge is 0.389 e. The van der Waals surface area contributed by atoms with Crippen molar-refractivity contribution in [2.75, 3.05) is 4.72 Å². The van der Waals surface area contributed by atoms with Crippen LogP contribution in [0.5, 0.6) is 0 Å².